The van der Waals surface area contributed by atoms with Crippen LogP contribution in [0.4, 0.5) is 0 Å². The van der Waals surface area contributed by atoms with Crippen LogP contribution in [0.25, 0.3) is 0 Å². The summed E-state index contributed by atoms with van der Waals surface area (Å²) in [5.41, 5.74) is 2.34. The minimum absolute atomic E-state index is 0.219. The van der Waals surface area contributed by atoms with Crippen molar-refractivity contribution in [2.24, 2.45) is 0 Å². The van der Waals surface area contributed by atoms with E-state index >= 15 is 0 Å². The fourth-order valence-electron chi connectivity index (χ4n) is 3.13. The SMILES string of the molecule is CCCCCCc1cc(C(=O)OCC)c(C)n1S(=O)(=O)c1ccc(C)cc1. The lowest BCUT2D eigenvalue weighted by Gasteiger charge is -2.13. The number of hydrogen-bond donors (Lipinski definition) is 0. The quantitative estimate of drug-likeness (QED) is 0.461. The normalized spacial score (nSPS) is 11.6. The second kappa shape index (κ2) is 9.22. The van der Waals surface area contributed by atoms with Crippen LogP contribution >= 0.6 is 0 Å². The number of ether oxygens (including phenoxy) is 1. The predicted molar refractivity (Wildman–Crippen MR) is 107 cm³/mol. The Hall–Kier alpha value is -2.08. The molecule has 0 saturated heterocycles. The van der Waals surface area contributed by atoms with Crippen LogP contribution in [0.2, 0.25) is 0 Å². The van der Waals surface area contributed by atoms with Crippen molar-refractivity contribution >= 4 is 16.0 Å². The van der Waals surface area contributed by atoms with Crippen molar-refractivity contribution in [3.05, 3.63) is 52.8 Å². The molecule has 0 aliphatic rings. The van der Waals surface area contributed by atoms with Crippen LogP contribution in [0, 0.1) is 13.8 Å². The Morgan fingerprint density at radius 3 is 2.30 bits per heavy atom. The Morgan fingerprint density at radius 1 is 1.04 bits per heavy atom. The number of carbonyl (C=O) groups excluding carboxylic acids is 1. The van der Waals surface area contributed by atoms with Crippen LogP contribution in [-0.2, 0) is 21.2 Å². The molecule has 0 aliphatic heterocycles. The highest BCUT2D eigenvalue weighted by atomic mass is 32.2. The van der Waals surface area contributed by atoms with Crippen molar-refractivity contribution in [2.45, 2.75) is 64.7 Å². The standard InChI is InChI=1S/C21H29NO4S/c1-5-7-8-9-10-18-15-20(21(23)26-6-2)17(4)22(18)27(24,25)19-13-11-16(3)12-14-19/h11-15H,5-10H2,1-4H3. The van der Waals surface area contributed by atoms with Crippen molar-refractivity contribution in [2.75, 3.05) is 6.61 Å². The van der Waals surface area contributed by atoms with Gasteiger partial charge < -0.3 is 4.74 Å². The third kappa shape index (κ3) is 4.80. The number of nitrogens with zero attached hydrogens (tertiary/aromatic N) is 1. The van der Waals surface area contributed by atoms with Crippen LogP contribution in [-0.4, -0.2) is 25.0 Å². The van der Waals surface area contributed by atoms with Crippen LogP contribution in [0.5, 0.6) is 0 Å². The first-order chi connectivity index (χ1) is 12.8. The number of aromatic nitrogens is 1. The molecule has 0 unspecified atom stereocenters. The summed E-state index contributed by atoms with van der Waals surface area (Å²) in [7, 11) is -3.78. The Kier molecular flexibility index (Phi) is 7.25. The van der Waals surface area contributed by atoms with Crippen LogP contribution in [0.15, 0.2) is 35.2 Å². The summed E-state index contributed by atoms with van der Waals surface area (Å²) < 4.78 is 33.0. The van der Waals surface area contributed by atoms with Gasteiger partial charge in [-0.2, -0.15) is 0 Å². The number of benzene rings is 1. The molecule has 0 radical (unpaired) electrons. The van der Waals surface area contributed by atoms with E-state index in [-0.39, 0.29) is 11.5 Å². The van der Waals surface area contributed by atoms with E-state index in [9.17, 15) is 13.2 Å². The van der Waals surface area contributed by atoms with E-state index in [0.29, 0.717) is 23.4 Å². The molecule has 1 aromatic heterocycles. The maximum atomic E-state index is 13.3. The summed E-state index contributed by atoms with van der Waals surface area (Å²) >= 11 is 0. The molecular formula is C21H29NO4S. The topological polar surface area (TPSA) is 65.4 Å². The number of rotatable bonds is 9. The molecule has 0 amide bonds. The van der Waals surface area contributed by atoms with Gasteiger partial charge in [0, 0.05) is 11.4 Å². The van der Waals surface area contributed by atoms with Gasteiger partial charge in [-0.05, 0) is 51.8 Å². The zero-order valence-corrected chi connectivity index (χ0v) is 17.4. The molecule has 0 spiro atoms. The second-order valence-corrected chi connectivity index (χ2v) is 8.54. The summed E-state index contributed by atoms with van der Waals surface area (Å²) in [6.45, 7) is 7.69. The van der Waals surface area contributed by atoms with Gasteiger partial charge in [0.25, 0.3) is 10.0 Å². The lowest BCUT2D eigenvalue weighted by molar-refractivity contribution is 0.0525. The number of esters is 1. The number of carbonyl (C=O) groups is 1. The minimum Gasteiger partial charge on any atom is -0.462 e. The number of aryl methyl sites for hydroxylation is 2. The largest absolute Gasteiger partial charge is 0.462 e. The lowest BCUT2D eigenvalue weighted by Crippen LogP contribution is -2.18. The van der Waals surface area contributed by atoms with E-state index in [1.54, 1.807) is 44.2 Å². The monoisotopic (exact) mass is 391 g/mol. The maximum Gasteiger partial charge on any atom is 0.339 e. The van der Waals surface area contributed by atoms with Gasteiger partial charge >= 0.3 is 5.97 Å². The van der Waals surface area contributed by atoms with Gasteiger partial charge in [0.05, 0.1) is 17.1 Å². The first-order valence-electron chi connectivity index (χ1n) is 9.53. The molecule has 1 heterocycles. The average Bonchev–Trinajstić information content (AvgIpc) is 2.96. The fourth-order valence-corrected chi connectivity index (χ4v) is 4.73. The van der Waals surface area contributed by atoms with E-state index in [1.165, 1.54) is 3.97 Å². The summed E-state index contributed by atoms with van der Waals surface area (Å²) in [6.07, 6.45) is 4.72. The van der Waals surface area contributed by atoms with Crippen LogP contribution < -0.4 is 0 Å². The van der Waals surface area contributed by atoms with Crippen molar-refractivity contribution < 1.29 is 17.9 Å². The van der Waals surface area contributed by atoms with Gasteiger partial charge in [-0.1, -0.05) is 43.9 Å². The Labute approximate surface area is 162 Å². The first kappa shape index (κ1) is 21.2. The zero-order chi connectivity index (χ0) is 20.0. The fraction of sp³-hybridized carbons (Fsp3) is 0.476. The second-order valence-electron chi connectivity index (χ2n) is 6.75. The molecule has 27 heavy (non-hydrogen) atoms. The summed E-state index contributed by atoms with van der Waals surface area (Å²) in [5.74, 6) is -0.484. The van der Waals surface area contributed by atoms with Crippen molar-refractivity contribution in [1.82, 2.24) is 3.97 Å². The molecule has 1 aromatic carbocycles. The molecule has 0 atom stereocenters. The average molecular weight is 392 g/mol. The number of unbranched alkanes of at least 4 members (excludes halogenated alkanes) is 3. The predicted octanol–water partition coefficient (Wildman–Crippen LogP) is 4.64. The molecule has 6 heteroatoms. The van der Waals surface area contributed by atoms with Crippen molar-refractivity contribution in [3.63, 3.8) is 0 Å². The Morgan fingerprint density at radius 2 is 1.70 bits per heavy atom. The maximum absolute atomic E-state index is 13.3. The first-order valence-corrected chi connectivity index (χ1v) is 11.0. The highest BCUT2D eigenvalue weighted by Crippen LogP contribution is 2.25. The molecule has 0 N–H and O–H groups in total. The molecule has 0 saturated carbocycles. The van der Waals surface area contributed by atoms with Crippen LogP contribution in [0.3, 0.4) is 0 Å². The molecule has 5 nitrogen and oxygen atoms in total. The van der Waals surface area contributed by atoms with Gasteiger partial charge in [-0.25, -0.2) is 17.2 Å². The smallest absolute Gasteiger partial charge is 0.339 e. The molecule has 148 valence electrons. The number of hydrogen-bond acceptors (Lipinski definition) is 4. The van der Waals surface area contributed by atoms with E-state index in [4.69, 9.17) is 4.74 Å². The molecule has 0 aliphatic carbocycles. The third-order valence-electron chi connectivity index (χ3n) is 4.61. The van der Waals surface area contributed by atoms with Crippen LogP contribution in [0.1, 0.15) is 66.8 Å². The molecule has 2 aromatic rings. The van der Waals surface area contributed by atoms with Gasteiger partial charge in [-0.15, -0.1) is 0 Å². The highest BCUT2D eigenvalue weighted by molar-refractivity contribution is 7.90. The third-order valence-corrected chi connectivity index (χ3v) is 6.46. The summed E-state index contributed by atoms with van der Waals surface area (Å²) in [4.78, 5) is 12.5. The van der Waals surface area contributed by atoms with Crippen molar-refractivity contribution in [3.8, 4) is 0 Å². The Balaban J connectivity index is 2.50. The molecule has 0 bridgehead atoms. The van der Waals surface area contributed by atoms with Gasteiger partial charge in [-0.3, -0.25) is 0 Å². The lowest BCUT2D eigenvalue weighted by atomic mass is 10.1. The zero-order valence-electron chi connectivity index (χ0n) is 16.6. The summed E-state index contributed by atoms with van der Waals surface area (Å²) in [5, 5.41) is 0. The molecule has 0 fully saturated rings. The van der Waals surface area contributed by atoms with Crippen molar-refractivity contribution in [1.29, 1.82) is 0 Å². The van der Waals surface area contributed by atoms with Gasteiger partial charge in [0.15, 0.2) is 0 Å². The van der Waals surface area contributed by atoms with E-state index < -0.39 is 16.0 Å². The van der Waals surface area contributed by atoms with E-state index in [2.05, 4.69) is 6.92 Å². The van der Waals surface area contributed by atoms with Gasteiger partial charge in [0.2, 0.25) is 0 Å². The highest BCUT2D eigenvalue weighted by Gasteiger charge is 2.27. The Bertz CT molecular complexity index is 880. The summed E-state index contributed by atoms with van der Waals surface area (Å²) in [6, 6.07) is 8.44. The minimum atomic E-state index is -3.78. The molecular weight excluding hydrogens is 362 g/mol. The molecule has 2 rings (SSSR count). The van der Waals surface area contributed by atoms with E-state index in [0.717, 1.165) is 31.2 Å². The van der Waals surface area contributed by atoms with E-state index in [1.807, 2.05) is 6.92 Å². The van der Waals surface area contributed by atoms with Gasteiger partial charge in [0.1, 0.15) is 0 Å².